The molecule has 1 fully saturated rings. The van der Waals surface area contributed by atoms with Crippen molar-refractivity contribution < 1.29 is 14.4 Å². The highest BCUT2D eigenvalue weighted by Gasteiger charge is 2.34. The lowest BCUT2D eigenvalue weighted by Crippen LogP contribution is -2.50. The number of nitrogens with one attached hydrogen (secondary N) is 2. The molecule has 7 nitrogen and oxygen atoms in total. The molecule has 23 heavy (non-hydrogen) atoms. The van der Waals surface area contributed by atoms with E-state index in [-0.39, 0.29) is 24.3 Å². The minimum Gasteiger partial charge on any atom is -0.338 e. The molecule has 1 aliphatic rings. The summed E-state index contributed by atoms with van der Waals surface area (Å²) >= 11 is 0. The summed E-state index contributed by atoms with van der Waals surface area (Å²) < 4.78 is 0. The van der Waals surface area contributed by atoms with Crippen molar-refractivity contribution in [1.29, 1.82) is 0 Å². The first kappa shape index (κ1) is 16.8. The molecule has 1 saturated heterocycles. The molecule has 0 saturated carbocycles. The third-order valence-electron chi connectivity index (χ3n) is 3.71. The lowest BCUT2D eigenvalue weighted by molar-refractivity contribution is -0.130. The summed E-state index contributed by atoms with van der Waals surface area (Å²) in [5.74, 6) is -0.805. The predicted molar refractivity (Wildman–Crippen MR) is 84.9 cm³/mol. The average Bonchev–Trinajstić information content (AvgIpc) is 2.89. The second-order valence-corrected chi connectivity index (χ2v) is 5.53. The maximum Gasteiger partial charge on any atom is 0.335 e. The van der Waals surface area contributed by atoms with Gasteiger partial charge in [0.15, 0.2) is 0 Å². The van der Waals surface area contributed by atoms with Gasteiger partial charge in [-0.25, -0.2) is 9.80 Å². The lowest BCUT2D eigenvalue weighted by atomic mass is 10.1. The van der Waals surface area contributed by atoms with Crippen molar-refractivity contribution in [3.63, 3.8) is 0 Å². The molecule has 0 unspecified atom stereocenters. The van der Waals surface area contributed by atoms with E-state index in [0.717, 1.165) is 10.6 Å². The van der Waals surface area contributed by atoms with Crippen LogP contribution in [0.4, 0.5) is 4.79 Å². The maximum absolute atomic E-state index is 12.2. The number of benzene rings is 1. The number of likely N-dealkylation sites (tertiary alicyclic amines) is 1. The van der Waals surface area contributed by atoms with Crippen molar-refractivity contribution in [2.45, 2.75) is 19.9 Å². The molecule has 2 rings (SSSR count). The number of hydrogen-bond donors (Lipinski definition) is 2. The van der Waals surface area contributed by atoms with Crippen LogP contribution in [-0.2, 0) is 16.1 Å². The van der Waals surface area contributed by atoms with Crippen molar-refractivity contribution in [2.75, 3.05) is 20.1 Å². The zero-order chi connectivity index (χ0) is 16.8. The highest BCUT2D eigenvalue weighted by atomic mass is 16.2. The Morgan fingerprint density at radius 2 is 2.00 bits per heavy atom. The standard InChI is InChI=1S/C16H22N4O3/c1-3-17-16(23)19(2)18-15(22)13-9-14(21)20(11-13)10-12-7-5-4-6-8-12/h4-8,13H,3,9-11H2,1-2H3,(H,17,23)(H,18,22)/t13-/m0/s1. The second-order valence-electron chi connectivity index (χ2n) is 5.53. The van der Waals surface area contributed by atoms with Crippen molar-refractivity contribution >= 4 is 17.8 Å². The molecule has 7 heteroatoms. The molecule has 0 radical (unpaired) electrons. The second kappa shape index (κ2) is 7.62. The number of hydrogen-bond acceptors (Lipinski definition) is 3. The first-order chi connectivity index (χ1) is 11.0. The van der Waals surface area contributed by atoms with E-state index in [0.29, 0.717) is 19.6 Å². The third kappa shape index (κ3) is 4.45. The van der Waals surface area contributed by atoms with Gasteiger partial charge in [0.05, 0.1) is 5.92 Å². The Kier molecular flexibility index (Phi) is 5.56. The molecule has 2 N–H and O–H groups in total. The molecule has 1 atom stereocenters. The van der Waals surface area contributed by atoms with E-state index in [1.54, 1.807) is 11.8 Å². The molecule has 0 aromatic heterocycles. The smallest absolute Gasteiger partial charge is 0.335 e. The normalized spacial score (nSPS) is 17.0. The summed E-state index contributed by atoms with van der Waals surface area (Å²) in [4.78, 5) is 37.5. The van der Waals surface area contributed by atoms with Crippen LogP contribution in [0.2, 0.25) is 0 Å². The fraction of sp³-hybridized carbons (Fsp3) is 0.438. The number of rotatable bonds is 4. The number of carbonyl (C=O) groups is 3. The Hall–Kier alpha value is -2.57. The van der Waals surface area contributed by atoms with Crippen LogP contribution >= 0.6 is 0 Å². The van der Waals surface area contributed by atoms with E-state index in [2.05, 4.69) is 10.7 Å². The highest BCUT2D eigenvalue weighted by Crippen LogP contribution is 2.20. The molecule has 0 aliphatic carbocycles. The summed E-state index contributed by atoms with van der Waals surface area (Å²) in [7, 11) is 1.47. The van der Waals surface area contributed by atoms with Crippen LogP contribution in [0, 0.1) is 5.92 Å². The Morgan fingerprint density at radius 3 is 2.65 bits per heavy atom. The quantitative estimate of drug-likeness (QED) is 0.803. The number of hydrazine groups is 1. The fourth-order valence-electron chi connectivity index (χ4n) is 2.48. The monoisotopic (exact) mass is 318 g/mol. The van der Waals surface area contributed by atoms with Crippen LogP contribution in [0.25, 0.3) is 0 Å². The molecule has 4 amide bonds. The predicted octanol–water partition coefficient (Wildman–Crippen LogP) is 0.728. The van der Waals surface area contributed by atoms with E-state index < -0.39 is 5.92 Å². The SMILES string of the molecule is CCNC(=O)N(C)NC(=O)[C@H]1CC(=O)N(Cc2ccccc2)C1. The zero-order valence-corrected chi connectivity index (χ0v) is 13.4. The van der Waals surface area contributed by atoms with Gasteiger partial charge in [-0.1, -0.05) is 30.3 Å². The summed E-state index contributed by atoms with van der Waals surface area (Å²) in [6, 6.07) is 9.27. The van der Waals surface area contributed by atoms with Crippen LogP contribution in [0.3, 0.4) is 0 Å². The van der Waals surface area contributed by atoms with Gasteiger partial charge in [0.1, 0.15) is 0 Å². The number of amides is 4. The molecule has 1 aliphatic heterocycles. The molecular weight excluding hydrogens is 296 g/mol. The molecular formula is C16H22N4O3. The summed E-state index contributed by atoms with van der Waals surface area (Å²) in [6.07, 6.45) is 0.169. The van der Waals surface area contributed by atoms with Crippen molar-refractivity contribution in [3.05, 3.63) is 35.9 Å². The third-order valence-corrected chi connectivity index (χ3v) is 3.71. The lowest BCUT2D eigenvalue weighted by Gasteiger charge is -2.21. The van der Waals surface area contributed by atoms with Gasteiger partial charge >= 0.3 is 6.03 Å². The van der Waals surface area contributed by atoms with Gasteiger partial charge in [0, 0.05) is 33.1 Å². The Labute approximate surface area is 135 Å². The van der Waals surface area contributed by atoms with Gasteiger partial charge in [-0.2, -0.15) is 0 Å². The van der Waals surface area contributed by atoms with E-state index in [4.69, 9.17) is 0 Å². The van der Waals surface area contributed by atoms with E-state index >= 15 is 0 Å². The fourth-order valence-corrected chi connectivity index (χ4v) is 2.48. The highest BCUT2D eigenvalue weighted by molar-refractivity contribution is 5.90. The van der Waals surface area contributed by atoms with E-state index in [1.165, 1.54) is 7.05 Å². The Balaban J connectivity index is 1.89. The topological polar surface area (TPSA) is 81.8 Å². The van der Waals surface area contributed by atoms with Gasteiger partial charge in [-0.05, 0) is 12.5 Å². The summed E-state index contributed by atoms with van der Waals surface area (Å²) in [5, 5.41) is 3.69. The van der Waals surface area contributed by atoms with Crippen LogP contribution in [0.1, 0.15) is 18.9 Å². The van der Waals surface area contributed by atoms with Crippen molar-refractivity contribution in [2.24, 2.45) is 5.92 Å². The van der Waals surface area contributed by atoms with Gasteiger partial charge in [-0.15, -0.1) is 0 Å². The van der Waals surface area contributed by atoms with E-state index in [9.17, 15) is 14.4 Å². The molecule has 0 spiro atoms. The summed E-state index contributed by atoms with van der Waals surface area (Å²) in [5.41, 5.74) is 3.54. The zero-order valence-electron chi connectivity index (χ0n) is 13.4. The minimum absolute atomic E-state index is 0.0466. The molecule has 1 aromatic rings. The number of urea groups is 1. The molecule has 0 bridgehead atoms. The summed E-state index contributed by atoms with van der Waals surface area (Å²) in [6.45, 7) is 3.13. The van der Waals surface area contributed by atoms with Gasteiger partial charge < -0.3 is 10.2 Å². The minimum atomic E-state index is -0.442. The average molecular weight is 318 g/mol. The number of nitrogens with zero attached hydrogens (tertiary/aromatic N) is 2. The van der Waals surface area contributed by atoms with E-state index in [1.807, 2.05) is 30.3 Å². The van der Waals surface area contributed by atoms with Crippen LogP contribution in [-0.4, -0.2) is 47.9 Å². The van der Waals surface area contributed by atoms with Crippen molar-refractivity contribution in [3.8, 4) is 0 Å². The maximum atomic E-state index is 12.2. The molecule has 124 valence electrons. The van der Waals surface area contributed by atoms with Gasteiger partial charge in [-0.3, -0.25) is 15.0 Å². The van der Waals surface area contributed by atoms with Crippen molar-refractivity contribution in [1.82, 2.24) is 20.7 Å². The van der Waals surface area contributed by atoms with Gasteiger partial charge in [0.2, 0.25) is 11.8 Å². The van der Waals surface area contributed by atoms with Gasteiger partial charge in [0.25, 0.3) is 0 Å². The first-order valence-corrected chi connectivity index (χ1v) is 7.65. The van der Waals surface area contributed by atoms with Crippen LogP contribution < -0.4 is 10.7 Å². The number of carbonyl (C=O) groups excluding carboxylic acids is 3. The van der Waals surface area contributed by atoms with Crippen LogP contribution in [0.5, 0.6) is 0 Å². The molecule has 1 aromatic carbocycles. The first-order valence-electron chi connectivity index (χ1n) is 7.65. The Bertz CT molecular complexity index is 576. The Morgan fingerprint density at radius 1 is 1.30 bits per heavy atom. The van der Waals surface area contributed by atoms with Crippen LogP contribution in [0.15, 0.2) is 30.3 Å². The molecule has 1 heterocycles. The largest absolute Gasteiger partial charge is 0.338 e.